The summed E-state index contributed by atoms with van der Waals surface area (Å²) < 4.78 is 0. The van der Waals surface area contributed by atoms with Crippen molar-refractivity contribution in [1.82, 2.24) is 0 Å². The summed E-state index contributed by atoms with van der Waals surface area (Å²) in [6.45, 7) is 2.17. The fourth-order valence-corrected chi connectivity index (χ4v) is 1.49. The quantitative estimate of drug-likeness (QED) is 0.488. The number of hydrogen-bond acceptors (Lipinski definition) is 2. The molecule has 0 rings (SSSR count). The van der Waals surface area contributed by atoms with Crippen molar-refractivity contribution < 1.29 is 10.2 Å². The maximum absolute atomic E-state index is 9.60. The van der Waals surface area contributed by atoms with Gasteiger partial charge in [-0.1, -0.05) is 44.9 Å². The number of hydrogen-bond donors (Lipinski definition) is 2. The van der Waals surface area contributed by atoms with Crippen molar-refractivity contribution in [2.75, 3.05) is 0 Å². The summed E-state index contributed by atoms with van der Waals surface area (Å²) in [5, 5.41) is 19.1. The van der Waals surface area contributed by atoms with Gasteiger partial charge in [0, 0.05) is 6.42 Å². The first-order chi connectivity index (χ1) is 7.72. The van der Waals surface area contributed by atoms with Crippen molar-refractivity contribution in [1.29, 1.82) is 0 Å². The van der Waals surface area contributed by atoms with Crippen molar-refractivity contribution in [2.24, 2.45) is 0 Å². The highest BCUT2D eigenvalue weighted by Crippen LogP contribution is 2.10. The zero-order valence-electron chi connectivity index (χ0n) is 10.1. The van der Waals surface area contributed by atoms with E-state index in [4.69, 9.17) is 6.42 Å². The van der Waals surface area contributed by atoms with E-state index in [9.17, 15) is 10.2 Å². The summed E-state index contributed by atoms with van der Waals surface area (Å²) in [5.41, 5.74) is 0. The smallest absolute Gasteiger partial charge is 0.0908 e. The summed E-state index contributed by atoms with van der Waals surface area (Å²) in [6.07, 6.45) is 10.1. The van der Waals surface area contributed by atoms with Gasteiger partial charge in [-0.25, -0.2) is 0 Å². The summed E-state index contributed by atoms with van der Waals surface area (Å²) in [4.78, 5) is 0. The third-order valence-corrected chi connectivity index (χ3v) is 2.52. The van der Waals surface area contributed by atoms with Crippen LogP contribution in [-0.2, 0) is 0 Å². The molecule has 0 amide bonds. The molecule has 0 aromatic heterocycles. The van der Waals surface area contributed by atoms with E-state index in [-0.39, 0.29) is 6.42 Å². The Balaban J connectivity index is 3.55. The highest BCUT2D eigenvalue weighted by molar-refractivity contribution is 5.21. The third kappa shape index (κ3) is 8.36. The van der Waals surface area contributed by atoms with Gasteiger partial charge in [-0.3, -0.25) is 0 Å². The molecule has 0 saturated heterocycles. The number of rotatable bonds is 8. The van der Waals surface area contributed by atoms with Crippen LogP contribution in [0.5, 0.6) is 0 Å². The van der Waals surface area contributed by atoms with E-state index in [1.165, 1.54) is 19.3 Å². The molecule has 2 heteroatoms. The van der Waals surface area contributed by atoms with Crippen LogP contribution in [0.4, 0.5) is 0 Å². The number of aliphatic hydroxyl groups excluding tert-OH is 2. The summed E-state index contributed by atoms with van der Waals surface area (Å²) in [5.74, 6) is 7.23. The molecule has 0 aliphatic carbocycles. The highest BCUT2D eigenvalue weighted by atomic mass is 16.3. The van der Waals surface area contributed by atoms with E-state index in [2.05, 4.69) is 24.7 Å². The first kappa shape index (κ1) is 15.0. The molecule has 2 N–H and O–H groups in total. The maximum Gasteiger partial charge on any atom is 0.0908 e. The van der Waals surface area contributed by atoms with Gasteiger partial charge < -0.3 is 10.2 Å². The fraction of sp³-hybridized carbons (Fsp3) is 0.714. The van der Waals surface area contributed by atoms with E-state index in [1.807, 2.05) is 0 Å². The van der Waals surface area contributed by atoms with Gasteiger partial charge >= 0.3 is 0 Å². The van der Waals surface area contributed by atoms with Crippen LogP contribution in [0.3, 0.4) is 0 Å². The van der Waals surface area contributed by atoms with Crippen molar-refractivity contribution in [3.05, 3.63) is 0 Å². The minimum absolute atomic E-state index is 0.250. The lowest BCUT2D eigenvalue weighted by Gasteiger charge is -2.15. The summed E-state index contributed by atoms with van der Waals surface area (Å²) >= 11 is 0. The number of aliphatic hydroxyl groups is 2. The van der Waals surface area contributed by atoms with E-state index >= 15 is 0 Å². The molecule has 0 aliphatic heterocycles. The average Bonchev–Trinajstić information content (AvgIpc) is 2.28. The molecule has 0 radical (unpaired) electrons. The van der Waals surface area contributed by atoms with Crippen LogP contribution in [0, 0.1) is 24.2 Å². The van der Waals surface area contributed by atoms with Crippen molar-refractivity contribution >= 4 is 0 Å². The minimum atomic E-state index is -0.771. The average molecular weight is 222 g/mol. The Bertz CT molecular complexity index is 254. The molecular weight excluding hydrogens is 200 g/mol. The Morgan fingerprint density at radius 3 is 2.38 bits per heavy atom. The van der Waals surface area contributed by atoms with Crippen LogP contribution in [-0.4, -0.2) is 22.4 Å². The van der Waals surface area contributed by atoms with Crippen molar-refractivity contribution in [3.8, 4) is 24.2 Å². The maximum atomic E-state index is 9.60. The van der Waals surface area contributed by atoms with E-state index < -0.39 is 12.2 Å². The third-order valence-electron chi connectivity index (χ3n) is 2.52. The van der Waals surface area contributed by atoms with Crippen molar-refractivity contribution in [2.45, 2.75) is 64.1 Å². The van der Waals surface area contributed by atoms with Crippen LogP contribution >= 0.6 is 0 Å². The molecule has 16 heavy (non-hydrogen) atoms. The molecule has 2 nitrogen and oxygen atoms in total. The predicted octanol–water partition coefficient (Wildman–Crippen LogP) is 2.10. The molecule has 0 aromatic carbocycles. The zero-order valence-corrected chi connectivity index (χ0v) is 10.1. The fourth-order valence-electron chi connectivity index (χ4n) is 1.49. The predicted molar refractivity (Wildman–Crippen MR) is 66.6 cm³/mol. The first-order valence-corrected chi connectivity index (χ1v) is 6.02. The van der Waals surface area contributed by atoms with E-state index in [1.54, 1.807) is 0 Å². The van der Waals surface area contributed by atoms with E-state index in [0.717, 1.165) is 12.8 Å². The molecule has 0 heterocycles. The molecule has 0 bridgehead atoms. The van der Waals surface area contributed by atoms with Gasteiger partial charge in [-0.15, -0.1) is 6.42 Å². The Morgan fingerprint density at radius 2 is 1.75 bits per heavy atom. The van der Waals surface area contributed by atoms with E-state index in [0.29, 0.717) is 6.42 Å². The molecular formula is C14H22O2. The summed E-state index contributed by atoms with van der Waals surface area (Å²) in [7, 11) is 0. The van der Waals surface area contributed by atoms with Gasteiger partial charge in [0.1, 0.15) is 0 Å². The van der Waals surface area contributed by atoms with Gasteiger partial charge in [0.15, 0.2) is 0 Å². The highest BCUT2D eigenvalue weighted by Gasteiger charge is 2.14. The second-order valence-corrected chi connectivity index (χ2v) is 3.99. The van der Waals surface area contributed by atoms with Gasteiger partial charge in [0.25, 0.3) is 0 Å². The van der Waals surface area contributed by atoms with Crippen LogP contribution in [0.25, 0.3) is 0 Å². The van der Waals surface area contributed by atoms with Gasteiger partial charge in [-0.2, -0.15) is 0 Å². The Morgan fingerprint density at radius 1 is 1.06 bits per heavy atom. The Kier molecular flexibility index (Phi) is 9.92. The monoisotopic (exact) mass is 222 g/mol. The van der Waals surface area contributed by atoms with Crippen LogP contribution in [0.2, 0.25) is 0 Å². The molecule has 0 fully saturated rings. The second kappa shape index (κ2) is 10.6. The second-order valence-electron chi connectivity index (χ2n) is 3.99. The first-order valence-electron chi connectivity index (χ1n) is 6.02. The zero-order chi connectivity index (χ0) is 12.2. The molecule has 0 unspecified atom stereocenters. The SMILES string of the molecule is C#CC#CC[C@@H](O)[C@H](O)CCCCCCC. The molecule has 90 valence electrons. The lowest BCUT2D eigenvalue weighted by atomic mass is 10.0. The molecule has 0 spiro atoms. The summed E-state index contributed by atoms with van der Waals surface area (Å²) in [6, 6.07) is 0. The van der Waals surface area contributed by atoms with Gasteiger partial charge in [-0.05, 0) is 18.3 Å². The molecule has 0 aliphatic rings. The molecule has 0 aromatic rings. The lowest BCUT2D eigenvalue weighted by Crippen LogP contribution is -2.25. The van der Waals surface area contributed by atoms with Gasteiger partial charge in [0.2, 0.25) is 0 Å². The number of terminal acetylenes is 1. The van der Waals surface area contributed by atoms with Crippen LogP contribution < -0.4 is 0 Å². The standard InChI is InChI=1S/C14H22O2/c1-3-5-7-8-10-12-14(16)13(15)11-9-6-4-2/h2,13-16H,3,5,7-8,10-12H2,1H3/t13-,14-/m1/s1. The molecule has 2 atom stereocenters. The Hall–Kier alpha value is -0.960. The van der Waals surface area contributed by atoms with Gasteiger partial charge in [0.05, 0.1) is 12.2 Å². The Labute approximate surface area is 99.1 Å². The lowest BCUT2D eigenvalue weighted by molar-refractivity contribution is 0.0165. The van der Waals surface area contributed by atoms with Crippen LogP contribution in [0.1, 0.15) is 51.9 Å². The topological polar surface area (TPSA) is 40.5 Å². The van der Waals surface area contributed by atoms with Crippen molar-refractivity contribution in [3.63, 3.8) is 0 Å². The largest absolute Gasteiger partial charge is 0.390 e. The van der Waals surface area contributed by atoms with Crippen LogP contribution in [0.15, 0.2) is 0 Å². The number of unbranched alkanes of at least 4 members (excludes halogenated alkanes) is 4. The molecule has 0 saturated carbocycles. The normalized spacial score (nSPS) is 13.4. The minimum Gasteiger partial charge on any atom is -0.390 e.